The van der Waals surface area contributed by atoms with Crippen LogP contribution in [0.3, 0.4) is 0 Å². The Kier molecular flexibility index (Phi) is 5.58. The minimum atomic E-state index is -0.0884. The molecule has 5 rings (SSSR count). The van der Waals surface area contributed by atoms with Crippen LogP contribution < -0.4 is 4.74 Å². The van der Waals surface area contributed by atoms with Gasteiger partial charge in [-0.25, -0.2) is 0 Å². The van der Waals surface area contributed by atoms with E-state index in [0.29, 0.717) is 23.9 Å². The Morgan fingerprint density at radius 1 is 1.19 bits per heavy atom. The van der Waals surface area contributed by atoms with Gasteiger partial charge in [-0.05, 0) is 43.0 Å². The molecule has 0 saturated carbocycles. The lowest BCUT2D eigenvalue weighted by atomic mass is 9.88. The highest BCUT2D eigenvalue weighted by Crippen LogP contribution is 2.30. The molecular formula is C26H25N3O3. The fourth-order valence-corrected chi connectivity index (χ4v) is 4.47. The van der Waals surface area contributed by atoms with Crippen molar-refractivity contribution < 1.29 is 14.1 Å². The minimum Gasteiger partial charge on any atom is -0.485 e. The number of nitrogens with zero attached hydrogens (tertiary/aromatic N) is 3. The molecule has 1 unspecified atom stereocenters. The zero-order valence-corrected chi connectivity index (χ0v) is 18.0. The Morgan fingerprint density at radius 2 is 2.09 bits per heavy atom. The summed E-state index contributed by atoms with van der Waals surface area (Å²) in [5.41, 5.74) is 2.93. The summed E-state index contributed by atoms with van der Waals surface area (Å²) in [5.74, 6) is 1.53. The number of hydrogen-bond acceptors (Lipinski definition) is 5. The van der Waals surface area contributed by atoms with Crippen molar-refractivity contribution in [3.05, 3.63) is 89.6 Å². The zero-order chi connectivity index (χ0) is 21.9. The molecule has 6 heteroatoms. The van der Waals surface area contributed by atoms with Crippen LogP contribution in [-0.2, 0) is 6.61 Å². The SMILES string of the molecule is Cc1ccccc1C1CCCN(C(=O)c2cc(COc3cccc4cnccc34)on2)C1. The summed E-state index contributed by atoms with van der Waals surface area (Å²) in [6.45, 7) is 3.77. The van der Waals surface area contributed by atoms with Crippen LogP contribution in [0, 0.1) is 6.92 Å². The first-order chi connectivity index (χ1) is 15.7. The number of carbonyl (C=O) groups excluding carboxylic acids is 1. The van der Waals surface area contributed by atoms with Gasteiger partial charge in [0.15, 0.2) is 11.5 Å². The first kappa shape index (κ1) is 20.2. The Hall–Kier alpha value is -3.67. The van der Waals surface area contributed by atoms with E-state index in [9.17, 15) is 4.79 Å². The maximum Gasteiger partial charge on any atom is 0.276 e. The van der Waals surface area contributed by atoms with Gasteiger partial charge in [-0.15, -0.1) is 0 Å². The van der Waals surface area contributed by atoms with Gasteiger partial charge in [0.1, 0.15) is 12.4 Å². The molecule has 0 radical (unpaired) electrons. The second kappa shape index (κ2) is 8.83. The number of ether oxygens (including phenoxy) is 1. The molecule has 2 aromatic carbocycles. The molecule has 0 N–H and O–H groups in total. The van der Waals surface area contributed by atoms with Gasteiger partial charge in [-0.3, -0.25) is 9.78 Å². The molecule has 2 aromatic heterocycles. The second-order valence-corrected chi connectivity index (χ2v) is 8.27. The van der Waals surface area contributed by atoms with Crippen LogP contribution in [0.15, 0.2) is 71.5 Å². The monoisotopic (exact) mass is 427 g/mol. The van der Waals surface area contributed by atoms with E-state index in [1.807, 2.05) is 29.2 Å². The average Bonchev–Trinajstić information content (AvgIpc) is 3.32. The second-order valence-electron chi connectivity index (χ2n) is 8.27. The first-order valence-corrected chi connectivity index (χ1v) is 10.9. The lowest BCUT2D eigenvalue weighted by Crippen LogP contribution is -2.39. The van der Waals surface area contributed by atoms with Crippen LogP contribution in [0.1, 0.15) is 46.1 Å². The molecule has 4 aromatic rings. The number of pyridine rings is 1. The van der Waals surface area contributed by atoms with Crippen molar-refractivity contribution >= 4 is 16.7 Å². The maximum absolute atomic E-state index is 13.1. The molecule has 0 spiro atoms. The largest absolute Gasteiger partial charge is 0.485 e. The van der Waals surface area contributed by atoms with E-state index in [0.717, 1.165) is 35.9 Å². The van der Waals surface area contributed by atoms with E-state index >= 15 is 0 Å². The van der Waals surface area contributed by atoms with Gasteiger partial charge in [0.2, 0.25) is 0 Å². The molecule has 1 saturated heterocycles. The average molecular weight is 428 g/mol. The highest BCUT2D eigenvalue weighted by Gasteiger charge is 2.28. The molecule has 1 amide bonds. The normalized spacial score (nSPS) is 16.3. The summed E-state index contributed by atoms with van der Waals surface area (Å²) in [7, 11) is 0. The molecule has 0 bridgehead atoms. The zero-order valence-electron chi connectivity index (χ0n) is 18.0. The van der Waals surface area contributed by atoms with E-state index in [1.165, 1.54) is 11.1 Å². The molecule has 1 fully saturated rings. The molecule has 3 heterocycles. The number of piperidine rings is 1. The van der Waals surface area contributed by atoms with E-state index < -0.39 is 0 Å². The molecular weight excluding hydrogens is 402 g/mol. The summed E-state index contributed by atoms with van der Waals surface area (Å²) in [6.07, 6.45) is 5.61. The van der Waals surface area contributed by atoms with Crippen LogP contribution in [0.2, 0.25) is 0 Å². The summed E-state index contributed by atoms with van der Waals surface area (Å²) < 4.78 is 11.4. The molecule has 0 aliphatic carbocycles. The van der Waals surface area contributed by atoms with Gasteiger partial charge in [0.05, 0.1) is 0 Å². The highest BCUT2D eigenvalue weighted by molar-refractivity contribution is 5.92. The predicted octanol–water partition coefficient (Wildman–Crippen LogP) is 5.13. The Balaban J connectivity index is 1.26. The molecule has 1 aliphatic heterocycles. The number of aryl methyl sites for hydroxylation is 1. The third-order valence-electron chi connectivity index (χ3n) is 6.13. The topological polar surface area (TPSA) is 68.5 Å². The number of benzene rings is 2. The van der Waals surface area contributed by atoms with Gasteiger partial charge in [-0.2, -0.15) is 0 Å². The minimum absolute atomic E-state index is 0.0884. The Labute approximate surface area is 186 Å². The number of amides is 1. The van der Waals surface area contributed by atoms with Gasteiger partial charge in [-0.1, -0.05) is 41.6 Å². The molecule has 162 valence electrons. The van der Waals surface area contributed by atoms with E-state index in [4.69, 9.17) is 9.26 Å². The van der Waals surface area contributed by atoms with E-state index in [2.05, 4.69) is 41.3 Å². The third-order valence-corrected chi connectivity index (χ3v) is 6.13. The van der Waals surface area contributed by atoms with E-state index in [1.54, 1.807) is 18.5 Å². The lowest BCUT2D eigenvalue weighted by molar-refractivity contribution is 0.0696. The Morgan fingerprint density at radius 3 is 3.00 bits per heavy atom. The highest BCUT2D eigenvalue weighted by atomic mass is 16.5. The van der Waals surface area contributed by atoms with Crippen molar-refractivity contribution in [2.75, 3.05) is 13.1 Å². The third kappa shape index (κ3) is 4.08. The first-order valence-electron chi connectivity index (χ1n) is 10.9. The van der Waals surface area contributed by atoms with Crippen molar-refractivity contribution in [3.63, 3.8) is 0 Å². The summed E-state index contributed by atoms with van der Waals surface area (Å²) >= 11 is 0. The van der Waals surface area contributed by atoms with Crippen LogP contribution in [-0.4, -0.2) is 34.0 Å². The smallest absolute Gasteiger partial charge is 0.276 e. The fraction of sp³-hybridized carbons (Fsp3) is 0.269. The van der Waals surface area contributed by atoms with Gasteiger partial charge in [0, 0.05) is 48.2 Å². The van der Waals surface area contributed by atoms with Gasteiger partial charge < -0.3 is 14.2 Å². The number of rotatable bonds is 5. The number of hydrogen-bond donors (Lipinski definition) is 0. The fourth-order valence-electron chi connectivity index (χ4n) is 4.47. The number of aromatic nitrogens is 2. The van der Waals surface area contributed by atoms with Crippen LogP contribution >= 0.6 is 0 Å². The van der Waals surface area contributed by atoms with Gasteiger partial charge in [0.25, 0.3) is 5.91 Å². The molecule has 1 aliphatic rings. The number of fused-ring (bicyclic) bond motifs is 1. The molecule has 32 heavy (non-hydrogen) atoms. The molecule has 6 nitrogen and oxygen atoms in total. The molecule has 1 atom stereocenters. The van der Waals surface area contributed by atoms with Crippen molar-refractivity contribution in [1.29, 1.82) is 0 Å². The van der Waals surface area contributed by atoms with Crippen molar-refractivity contribution in [2.45, 2.75) is 32.3 Å². The predicted molar refractivity (Wildman–Crippen MR) is 122 cm³/mol. The summed E-state index contributed by atoms with van der Waals surface area (Å²) in [4.78, 5) is 19.1. The van der Waals surface area contributed by atoms with Crippen LogP contribution in [0.25, 0.3) is 10.8 Å². The van der Waals surface area contributed by atoms with Crippen molar-refractivity contribution in [2.24, 2.45) is 0 Å². The van der Waals surface area contributed by atoms with Gasteiger partial charge >= 0.3 is 0 Å². The standard InChI is InChI=1S/C26H25N3O3/c1-18-6-2-3-9-22(18)20-8-5-13-29(16-20)26(30)24-14-21(32-28-24)17-31-25-10-4-7-19-15-27-12-11-23(19)25/h2-4,6-7,9-12,14-15,20H,5,8,13,16-17H2,1H3. The summed E-state index contributed by atoms with van der Waals surface area (Å²) in [5, 5.41) is 6.01. The lowest BCUT2D eigenvalue weighted by Gasteiger charge is -2.33. The maximum atomic E-state index is 13.1. The number of carbonyl (C=O) groups is 1. The number of likely N-dealkylation sites (tertiary alicyclic amines) is 1. The quantitative estimate of drug-likeness (QED) is 0.442. The summed E-state index contributed by atoms with van der Waals surface area (Å²) in [6, 6.07) is 17.9. The Bertz CT molecular complexity index is 1240. The van der Waals surface area contributed by atoms with Crippen LogP contribution in [0.5, 0.6) is 5.75 Å². The van der Waals surface area contributed by atoms with Crippen LogP contribution in [0.4, 0.5) is 0 Å². The van der Waals surface area contributed by atoms with E-state index in [-0.39, 0.29) is 12.5 Å². The van der Waals surface area contributed by atoms with Crippen molar-refractivity contribution in [3.8, 4) is 5.75 Å². The van der Waals surface area contributed by atoms with Crippen molar-refractivity contribution in [1.82, 2.24) is 15.0 Å².